The molecule has 0 fully saturated rings. The normalized spacial score (nSPS) is 10.9. The minimum absolute atomic E-state index is 0.0914. The van der Waals surface area contributed by atoms with Crippen LogP contribution >= 0.6 is 27.5 Å². The maximum absolute atomic E-state index is 12.4. The Labute approximate surface area is 185 Å². The standard InChI is InChI=1S/C21H16BrClN4O3/c1-3-29-21(28)17-16(22)18(27(25-17)15-10-5-4-9-14(15)23)19-24-20(30-26-19)13-8-6-7-12(2)11-13/h4-11H,3H2,1-2H3. The summed E-state index contributed by atoms with van der Waals surface area (Å²) >= 11 is 9.84. The summed E-state index contributed by atoms with van der Waals surface area (Å²) in [4.78, 5) is 16.9. The zero-order valence-electron chi connectivity index (χ0n) is 16.1. The third-order valence-electron chi connectivity index (χ3n) is 4.28. The van der Waals surface area contributed by atoms with Crippen molar-refractivity contribution in [3.05, 3.63) is 69.3 Å². The first-order chi connectivity index (χ1) is 14.5. The molecule has 152 valence electrons. The molecule has 9 heteroatoms. The molecule has 4 rings (SSSR count). The number of aryl methyl sites for hydroxylation is 1. The lowest BCUT2D eigenvalue weighted by Crippen LogP contribution is -2.07. The highest BCUT2D eigenvalue weighted by Crippen LogP contribution is 2.35. The zero-order valence-corrected chi connectivity index (χ0v) is 18.4. The number of rotatable bonds is 5. The molecular weight excluding hydrogens is 472 g/mol. The van der Waals surface area contributed by atoms with Gasteiger partial charge in [-0.2, -0.15) is 10.1 Å². The van der Waals surface area contributed by atoms with E-state index in [1.165, 1.54) is 4.68 Å². The van der Waals surface area contributed by atoms with Gasteiger partial charge in [0.05, 0.1) is 21.8 Å². The van der Waals surface area contributed by atoms with Gasteiger partial charge in [0.15, 0.2) is 5.69 Å². The Balaban J connectivity index is 1.89. The van der Waals surface area contributed by atoms with Crippen LogP contribution in [0.2, 0.25) is 5.02 Å². The summed E-state index contributed by atoms with van der Waals surface area (Å²) in [5.41, 5.74) is 2.94. The fourth-order valence-corrected chi connectivity index (χ4v) is 3.74. The number of hydrogen-bond donors (Lipinski definition) is 0. The average Bonchev–Trinajstić information content (AvgIpc) is 3.33. The molecule has 2 heterocycles. The monoisotopic (exact) mass is 486 g/mol. The Kier molecular flexibility index (Phi) is 5.69. The summed E-state index contributed by atoms with van der Waals surface area (Å²) in [5, 5.41) is 8.99. The van der Waals surface area contributed by atoms with Crippen LogP contribution in [0, 0.1) is 6.92 Å². The van der Waals surface area contributed by atoms with Crippen molar-refractivity contribution in [2.45, 2.75) is 13.8 Å². The van der Waals surface area contributed by atoms with E-state index >= 15 is 0 Å². The maximum atomic E-state index is 12.4. The molecule has 0 aliphatic heterocycles. The van der Waals surface area contributed by atoms with Crippen molar-refractivity contribution in [2.75, 3.05) is 6.61 Å². The number of carbonyl (C=O) groups excluding carboxylic acids is 1. The number of aromatic nitrogens is 4. The van der Waals surface area contributed by atoms with Crippen molar-refractivity contribution in [1.29, 1.82) is 0 Å². The lowest BCUT2D eigenvalue weighted by atomic mass is 10.1. The second kappa shape index (κ2) is 8.41. The highest BCUT2D eigenvalue weighted by molar-refractivity contribution is 9.10. The smallest absolute Gasteiger partial charge is 0.360 e. The van der Waals surface area contributed by atoms with Crippen molar-refractivity contribution in [3.63, 3.8) is 0 Å². The molecule has 0 amide bonds. The van der Waals surface area contributed by atoms with Gasteiger partial charge in [-0.25, -0.2) is 9.48 Å². The topological polar surface area (TPSA) is 83.0 Å². The van der Waals surface area contributed by atoms with Crippen LogP contribution in [0.4, 0.5) is 0 Å². The Morgan fingerprint density at radius 3 is 2.77 bits per heavy atom. The second-order valence-corrected chi connectivity index (χ2v) is 7.59. The van der Waals surface area contributed by atoms with Gasteiger partial charge in [-0.05, 0) is 54.0 Å². The lowest BCUT2D eigenvalue weighted by Gasteiger charge is -2.06. The Morgan fingerprint density at radius 1 is 1.23 bits per heavy atom. The molecule has 0 saturated heterocycles. The van der Waals surface area contributed by atoms with E-state index in [-0.39, 0.29) is 18.1 Å². The number of ether oxygens (including phenoxy) is 1. The summed E-state index contributed by atoms with van der Waals surface area (Å²) in [5.74, 6) is 0.0328. The minimum Gasteiger partial charge on any atom is -0.461 e. The fraction of sp³-hybridized carbons (Fsp3) is 0.143. The number of esters is 1. The number of para-hydroxylation sites is 1. The average molecular weight is 488 g/mol. The second-order valence-electron chi connectivity index (χ2n) is 6.39. The summed E-state index contributed by atoms with van der Waals surface area (Å²) in [6.07, 6.45) is 0. The van der Waals surface area contributed by atoms with Crippen LogP contribution < -0.4 is 0 Å². The molecule has 0 N–H and O–H groups in total. The fourth-order valence-electron chi connectivity index (χ4n) is 2.93. The van der Waals surface area contributed by atoms with Crippen LogP contribution in [0.5, 0.6) is 0 Å². The lowest BCUT2D eigenvalue weighted by molar-refractivity contribution is 0.0518. The van der Waals surface area contributed by atoms with E-state index in [4.69, 9.17) is 20.9 Å². The zero-order chi connectivity index (χ0) is 21.3. The van der Waals surface area contributed by atoms with Gasteiger partial charge in [0.25, 0.3) is 5.89 Å². The molecule has 4 aromatic rings. The SMILES string of the molecule is CCOC(=O)c1nn(-c2ccccc2Cl)c(-c2noc(-c3cccc(C)c3)n2)c1Br. The molecule has 7 nitrogen and oxygen atoms in total. The van der Waals surface area contributed by atoms with Crippen molar-refractivity contribution in [2.24, 2.45) is 0 Å². The van der Waals surface area contributed by atoms with Crippen LogP contribution in [0.15, 0.2) is 57.5 Å². The number of nitrogens with zero attached hydrogens (tertiary/aromatic N) is 4. The molecule has 0 unspecified atom stereocenters. The molecule has 0 saturated carbocycles. The van der Waals surface area contributed by atoms with Gasteiger partial charge in [-0.15, -0.1) is 0 Å². The molecular formula is C21H16BrClN4O3. The predicted molar refractivity (Wildman–Crippen MR) is 116 cm³/mol. The minimum atomic E-state index is -0.571. The number of carbonyl (C=O) groups is 1. The first-order valence-corrected chi connectivity index (χ1v) is 10.3. The first-order valence-electron chi connectivity index (χ1n) is 9.11. The summed E-state index contributed by atoms with van der Waals surface area (Å²) in [7, 11) is 0. The van der Waals surface area contributed by atoms with Crippen LogP contribution in [-0.4, -0.2) is 32.5 Å². The molecule has 0 bridgehead atoms. The quantitative estimate of drug-likeness (QED) is 0.346. The Hall–Kier alpha value is -2.97. The molecule has 0 radical (unpaired) electrons. The molecule has 0 aliphatic carbocycles. The number of hydrogen-bond acceptors (Lipinski definition) is 6. The van der Waals surface area contributed by atoms with E-state index in [0.717, 1.165) is 11.1 Å². The third-order valence-corrected chi connectivity index (χ3v) is 5.35. The van der Waals surface area contributed by atoms with Gasteiger partial charge in [-0.1, -0.05) is 46.6 Å². The first kappa shape index (κ1) is 20.3. The van der Waals surface area contributed by atoms with Crippen molar-refractivity contribution >= 4 is 33.5 Å². The van der Waals surface area contributed by atoms with Gasteiger partial charge in [0.1, 0.15) is 5.69 Å². The highest BCUT2D eigenvalue weighted by Gasteiger charge is 2.28. The van der Waals surface area contributed by atoms with Crippen molar-refractivity contribution in [1.82, 2.24) is 19.9 Å². The molecule has 30 heavy (non-hydrogen) atoms. The molecule has 0 atom stereocenters. The van der Waals surface area contributed by atoms with E-state index in [1.54, 1.807) is 25.1 Å². The van der Waals surface area contributed by atoms with E-state index in [9.17, 15) is 4.79 Å². The number of halogens is 2. The van der Waals surface area contributed by atoms with Crippen LogP contribution in [0.3, 0.4) is 0 Å². The molecule has 2 aromatic heterocycles. The van der Waals surface area contributed by atoms with Crippen molar-refractivity contribution < 1.29 is 14.1 Å². The summed E-state index contributed by atoms with van der Waals surface area (Å²) in [6.45, 7) is 3.93. The Bertz CT molecular complexity index is 1230. The van der Waals surface area contributed by atoms with E-state index < -0.39 is 5.97 Å². The van der Waals surface area contributed by atoms with Crippen LogP contribution in [-0.2, 0) is 4.74 Å². The maximum Gasteiger partial charge on any atom is 0.360 e. The van der Waals surface area contributed by atoms with Crippen molar-refractivity contribution in [3.8, 4) is 28.7 Å². The molecule has 0 spiro atoms. The van der Waals surface area contributed by atoms with Gasteiger partial charge in [0, 0.05) is 5.56 Å². The van der Waals surface area contributed by atoms with Gasteiger partial charge in [-0.3, -0.25) is 0 Å². The van der Waals surface area contributed by atoms with E-state index in [0.29, 0.717) is 26.8 Å². The largest absolute Gasteiger partial charge is 0.461 e. The third kappa shape index (κ3) is 3.76. The number of benzene rings is 2. The van der Waals surface area contributed by atoms with Crippen LogP contribution in [0.1, 0.15) is 23.0 Å². The van der Waals surface area contributed by atoms with Gasteiger partial charge < -0.3 is 9.26 Å². The molecule has 0 aliphatic rings. The Morgan fingerprint density at radius 2 is 2.03 bits per heavy atom. The summed E-state index contributed by atoms with van der Waals surface area (Å²) in [6, 6.07) is 14.9. The summed E-state index contributed by atoms with van der Waals surface area (Å²) < 4.78 is 12.5. The van der Waals surface area contributed by atoms with Crippen LogP contribution in [0.25, 0.3) is 28.7 Å². The van der Waals surface area contributed by atoms with Gasteiger partial charge in [0.2, 0.25) is 5.82 Å². The van der Waals surface area contributed by atoms with E-state index in [1.807, 2.05) is 37.3 Å². The highest BCUT2D eigenvalue weighted by atomic mass is 79.9. The molecule has 2 aromatic carbocycles. The van der Waals surface area contributed by atoms with Gasteiger partial charge >= 0.3 is 5.97 Å². The van der Waals surface area contributed by atoms with E-state index in [2.05, 4.69) is 31.2 Å². The predicted octanol–water partition coefficient (Wildman–Crippen LogP) is 5.49.